The van der Waals surface area contributed by atoms with Crippen molar-refractivity contribution in [2.24, 2.45) is 11.7 Å². The van der Waals surface area contributed by atoms with Gasteiger partial charge in [0.25, 0.3) is 0 Å². The molecule has 1 unspecified atom stereocenters. The van der Waals surface area contributed by atoms with Crippen LogP contribution in [0.1, 0.15) is 32.6 Å². The molecule has 2 aromatic heterocycles. The molecule has 0 radical (unpaired) electrons. The quantitative estimate of drug-likeness (QED) is 0.728. The average Bonchev–Trinajstić information content (AvgIpc) is 3.19. The normalized spacial score (nSPS) is 20.7. The Hall–Kier alpha value is -2.80. The minimum Gasteiger partial charge on any atom is -0.487 e. The number of hydrogen-bond acceptors (Lipinski definition) is 5. The molecule has 6 nitrogen and oxygen atoms in total. The van der Waals surface area contributed by atoms with Crippen molar-refractivity contribution in [3.05, 3.63) is 55.0 Å². The van der Waals surface area contributed by atoms with Crippen molar-refractivity contribution in [3.63, 3.8) is 0 Å². The molecular formula is C21H24FN5O. The lowest BCUT2D eigenvalue weighted by molar-refractivity contribution is 0.119. The van der Waals surface area contributed by atoms with Crippen molar-refractivity contribution in [2.75, 3.05) is 0 Å². The fraction of sp³-hybridized carbons (Fsp3) is 0.381. The smallest absolute Gasteiger partial charge is 0.164 e. The van der Waals surface area contributed by atoms with Gasteiger partial charge >= 0.3 is 0 Å². The van der Waals surface area contributed by atoms with Gasteiger partial charge in [0.1, 0.15) is 23.5 Å². The summed E-state index contributed by atoms with van der Waals surface area (Å²) >= 11 is 0. The second-order valence-electron chi connectivity index (χ2n) is 7.36. The molecule has 146 valence electrons. The van der Waals surface area contributed by atoms with E-state index in [9.17, 15) is 4.39 Å². The van der Waals surface area contributed by atoms with Crippen LogP contribution in [0.4, 0.5) is 4.39 Å². The van der Waals surface area contributed by atoms with Crippen molar-refractivity contribution in [1.82, 2.24) is 19.7 Å². The molecule has 1 aliphatic rings. The highest BCUT2D eigenvalue weighted by molar-refractivity contribution is 5.64. The zero-order valence-corrected chi connectivity index (χ0v) is 15.8. The molecule has 2 heterocycles. The predicted molar refractivity (Wildman–Crippen MR) is 105 cm³/mol. The van der Waals surface area contributed by atoms with Crippen LogP contribution in [0.5, 0.6) is 5.75 Å². The maximum atomic E-state index is 14.1. The summed E-state index contributed by atoms with van der Waals surface area (Å²) < 4.78 is 21.8. The van der Waals surface area contributed by atoms with Gasteiger partial charge in [-0.2, -0.15) is 5.10 Å². The monoisotopic (exact) mass is 381 g/mol. The van der Waals surface area contributed by atoms with Gasteiger partial charge in [-0.3, -0.25) is 0 Å². The number of aromatic nitrogens is 4. The number of para-hydroxylation sites is 1. The highest BCUT2D eigenvalue weighted by Gasteiger charge is 2.26. The average molecular weight is 381 g/mol. The van der Waals surface area contributed by atoms with E-state index in [0.29, 0.717) is 29.1 Å². The minimum atomic E-state index is -0.333. The van der Waals surface area contributed by atoms with Gasteiger partial charge in [-0.25, -0.2) is 19.0 Å². The largest absolute Gasteiger partial charge is 0.487 e. The van der Waals surface area contributed by atoms with E-state index in [1.165, 1.54) is 17.1 Å². The zero-order valence-electron chi connectivity index (χ0n) is 15.8. The number of hydrogen-bond donors (Lipinski definition) is 1. The van der Waals surface area contributed by atoms with Gasteiger partial charge in [-0.15, -0.1) is 0 Å². The summed E-state index contributed by atoms with van der Waals surface area (Å²) in [5, 5.41) is 4.29. The molecule has 3 aromatic rings. The Balaban J connectivity index is 1.56. The summed E-state index contributed by atoms with van der Waals surface area (Å²) in [4.78, 5) is 8.50. The molecule has 0 spiro atoms. The summed E-state index contributed by atoms with van der Waals surface area (Å²) in [6, 6.07) is 6.83. The summed E-state index contributed by atoms with van der Waals surface area (Å²) in [6.45, 7) is 2.08. The minimum absolute atomic E-state index is 0.0406. The second kappa shape index (κ2) is 8.06. The van der Waals surface area contributed by atoms with E-state index in [-0.39, 0.29) is 11.9 Å². The highest BCUT2D eigenvalue weighted by Crippen LogP contribution is 2.32. The van der Waals surface area contributed by atoms with E-state index in [1.54, 1.807) is 36.8 Å². The number of halogens is 1. The second-order valence-corrected chi connectivity index (χ2v) is 7.36. The maximum Gasteiger partial charge on any atom is 0.164 e. The lowest BCUT2D eigenvalue weighted by atomic mass is 9.83. The number of benzene rings is 1. The molecule has 2 N–H and O–H groups in total. The molecule has 0 aliphatic heterocycles. The van der Waals surface area contributed by atoms with Gasteiger partial charge in [-0.1, -0.05) is 12.1 Å². The van der Waals surface area contributed by atoms with Crippen LogP contribution < -0.4 is 10.5 Å². The first-order valence-electron chi connectivity index (χ1n) is 9.64. The lowest BCUT2D eigenvalue weighted by Crippen LogP contribution is -2.33. The van der Waals surface area contributed by atoms with Gasteiger partial charge in [-0.05, 0) is 50.7 Å². The first-order chi connectivity index (χ1) is 13.6. The van der Waals surface area contributed by atoms with Crippen LogP contribution in [0.15, 0.2) is 49.2 Å². The van der Waals surface area contributed by atoms with Crippen molar-refractivity contribution in [3.8, 4) is 22.7 Å². The van der Waals surface area contributed by atoms with Crippen LogP contribution in [-0.4, -0.2) is 31.9 Å². The maximum absolute atomic E-state index is 14.1. The Bertz CT molecular complexity index is 936. The Kier molecular flexibility index (Phi) is 5.34. The molecule has 1 fully saturated rings. The van der Waals surface area contributed by atoms with Gasteiger partial charge in [0.15, 0.2) is 5.75 Å². The van der Waals surface area contributed by atoms with Gasteiger partial charge in [0.2, 0.25) is 0 Å². The van der Waals surface area contributed by atoms with E-state index < -0.39 is 0 Å². The van der Waals surface area contributed by atoms with Crippen LogP contribution in [0.3, 0.4) is 0 Å². The molecule has 4 rings (SSSR count). The number of ether oxygens (including phenoxy) is 1. The Labute approximate surface area is 163 Å². The molecule has 1 saturated carbocycles. The third-order valence-corrected chi connectivity index (χ3v) is 5.43. The molecule has 1 aliphatic carbocycles. The van der Waals surface area contributed by atoms with Gasteiger partial charge in [0.05, 0.1) is 18.5 Å². The topological polar surface area (TPSA) is 78.9 Å². The number of nitrogens with zero attached hydrogens (tertiary/aromatic N) is 4. The number of rotatable bonds is 5. The first-order valence-corrected chi connectivity index (χ1v) is 9.64. The van der Waals surface area contributed by atoms with E-state index in [4.69, 9.17) is 10.5 Å². The molecule has 1 atom stereocenters. The molecule has 0 saturated heterocycles. The van der Waals surface area contributed by atoms with Crippen LogP contribution in [0, 0.1) is 11.7 Å². The van der Waals surface area contributed by atoms with Crippen molar-refractivity contribution in [1.29, 1.82) is 0 Å². The summed E-state index contributed by atoms with van der Waals surface area (Å²) in [7, 11) is 0. The van der Waals surface area contributed by atoms with E-state index in [1.807, 2.05) is 0 Å². The molecular weight excluding hydrogens is 357 g/mol. The standard InChI is InChI=1S/C21H24FN5O/c1-14(15-6-8-17(23)9-7-15)28-20-11-24-13-25-21(20)16-10-26-27(12-16)19-5-3-2-4-18(19)22/h2-5,10-15,17H,6-9,23H2,1H3. The van der Waals surface area contributed by atoms with E-state index >= 15 is 0 Å². The van der Waals surface area contributed by atoms with Crippen molar-refractivity contribution >= 4 is 0 Å². The third kappa shape index (κ3) is 3.89. The van der Waals surface area contributed by atoms with Crippen LogP contribution in [0.2, 0.25) is 0 Å². The Morgan fingerprint density at radius 2 is 1.96 bits per heavy atom. The predicted octanol–water partition coefficient (Wildman–Crippen LogP) is 3.75. The van der Waals surface area contributed by atoms with Crippen LogP contribution in [0.25, 0.3) is 16.9 Å². The molecule has 28 heavy (non-hydrogen) atoms. The SMILES string of the molecule is CC(Oc1cncnc1-c1cnn(-c2ccccc2F)c1)C1CCC(N)CC1. The molecule has 1 aromatic carbocycles. The van der Waals surface area contributed by atoms with E-state index in [0.717, 1.165) is 31.2 Å². The van der Waals surface area contributed by atoms with Crippen molar-refractivity contribution < 1.29 is 9.13 Å². The van der Waals surface area contributed by atoms with Gasteiger partial charge in [0, 0.05) is 17.8 Å². The lowest BCUT2D eigenvalue weighted by Gasteiger charge is -2.31. The molecule has 0 amide bonds. The molecule has 0 bridgehead atoms. The Morgan fingerprint density at radius 1 is 1.18 bits per heavy atom. The third-order valence-electron chi connectivity index (χ3n) is 5.43. The van der Waals surface area contributed by atoms with Gasteiger partial charge < -0.3 is 10.5 Å². The Morgan fingerprint density at radius 3 is 2.75 bits per heavy atom. The van der Waals surface area contributed by atoms with Crippen LogP contribution in [-0.2, 0) is 0 Å². The first kappa shape index (κ1) is 18.6. The summed E-state index contributed by atoms with van der Waals surface area (Å²) in [6.07, 6.45) is 10.8. The fourth-order valence-corrected chi connectivity index (χ4v) is 3.75. The summed E-state index contributed by atoms with van der Waals surface area (Å²) in [5.74, 6) is 0.743. The highest BCUT2D eigenvalue weighted by atomic mass is 19.1. The number of nitrogens with two attached hydrogens (primary N) is 1. The van der Waals surface area contributed by atoms with Crippen LogP contribution >= 0.6 is 0 Å². The van der Waals surface area contributed by atoms with E-state index in [2.05, 4.69) is 22.0 Å². The zero-order chi connectivity index (χ0) is 19.5. The van der Waals surface area contributed by atoms with Crippen molar-refractivity contribution in [2.45, 2.75) is 44.8 Å². The fourth-order valence-electron chi connectivity index (χ4n) is 3.75. The molecule has 7 heteroatoms. The summed E-state index contributed by atoms with van der Waals surface area (Å²) in [5.41, 5.74) is 7.80.